The van der Waals surface area contributed by atoms with Gasteiger partial charge in [-0.1, -0.05) is 41.9 Å². The van der Waals surface area contributed by atoms with Crippen molar-refractivity contribution in [2.24, 2.45) is 0 Å². The molecule has 2 aromatic rings. The predicted octanol–water partition coefficient (Wildman–Crippen LogP) is 3.16. The first-order chi connectivity index (χ1) is 17.5. The molecule has 9 heteroatoms. The molecule has 0 saturated carbocycles. The Hall–Kier alpha value is -3.10. The molecule has 2 saturated heterocycles. The average molecular weight is 513 g/mol. The van der Waals surface area contributed by atoms with E-state index in [9.17, 15) is 14.4 Å². The van der Waals surface area contributed by atoms with Crippen molar-refractivity contribution in [3.63, 3.8) is 0 Å². The maximum Gasteiger partial charge on any atom is 0.255 e. The number of nitrogens with one attached hydrogen (secondary N) is 1. The molecule has 0 bridgehead atoms. The van der Waals surface area contributed by atoms with E-state index in [-0.39, 0.29) is 24.3 Å². The summed E-state index contributed by atoms with van der Waals surface area (Å²) in [5.74, 6) is -0.382. The molecule has 8 nitrogen and oxygen atoms in total. The molecule has 0 atom stereocenters. The van der Waals surface area contributed by atoms with Crippen LogP contribution in [0.4, 0.5) is 5.69 Å². The highest BCUT2D eigenvalue weighted by atomic mass is 35.5. The lowest BCUT2D eigenvalue weighted by Crippen LogP contribution is -2.57. The van der Waals surface area contributed by atoms with Gasteiger partial charge in [-0.15, -0.1) is 0 Å². The van der Waals surface area contributed by atoms with Gasteiger partial charge < -0.3 is 24.8 Å². The molecule has 2 fully saturated rings. The fraction of sp³-hybridized carbons (Fsp3) is 0.444. The van der Waals surface area contributed by atoms with Gasteiger partial charge in [0.15, 0.2) is 0 Å². The van der Waals surface area contributed by atoms with E-state index in [1.54, 1.807) is 34.1 Å². The first-order valence-corrected chi connectivity index (χ1v) is 12.8. The molecular formula is C27H33ClN4O4. The molecule has 2 aromatic carbocycles. The number of ether oxygens (including phenoxy) is 1. The summed E-state index contributed by atoms with van der Waals surface area (Å²) in [7, 11) is 0. The molecule has 36 heavy (non-hydrogen) atoms. The van der Waals surface area contributed by atoms with Crippen LogP contribution in [0.1, 0.15) is 36.5 Å². The lowest BCUT2D eigenvalue weighted by molar-refractivity contribution is -0.137. The van der Waals surface area contributed by atoms with E-state index in [2.05, 4.69) is 10.2 Å². The zero-order valence-electron chi connectivity index (χ0n) is 20.6. The summed E-state index contributed by atoms with van der Waals surface area (Å²) in [6, 6.07) is 16.8. The molecule has 2 heterocycles. The number of halogens is 1. The quantitative estimate of drug-likeness (QED) is 0.522. The molecule has 0 aromatic heterocycles. The molecule has 1 N–H and O–H groups in total. The Bertz CT molecular complexity index is 1070. The number of piperidine rings is 1. The predicted molar refractivity (Wildman–Crippen MR) is 139 cm³/mol. The lowest BCUT2D eigenvalue weighted by Gasteiger charge is -2.43. The van der Waals surface area contributed by atoms with Crippen LogP contribution in [-0.2, 0) is 14.3 Å². The maximum atomic E-state index is 13.8. The van der Waals surface area contributed by atoms with Gasteiger partial charge in [0.1, 0.15) is 12.1 Å². The second-order valence-electron chi connectivity index (χ2n) is 9.11. The van der Waals surface area contributed by atoms with Crippen molar-refractivity contribution >= 4 is 35.0 Å². The lowest BCUT2D eigenvalue weighted by atomic mass is 9.85. The van der Waals surface area contributed by atoms with Crippen LogP contribution in [-0.4, -0.2) is 79.1 Å². The van der Waals surface area contributed by atoms with E-state index >= 15 is 0 Å². The van der Waals surface area contributed by atoms with Crippen LogP contribution in [0.2, 0.25) is 5.02 Å². The van der Waals surface area contributed by atoms with Crippen LogP contribution in [0, 0.1) is 0 Å². The SMILES string of the molecule is CCOCCCNC(=O)CN1CN(c2ccccc2)C2(CCN(C(=O)c3ccccc3Cl)CC2)C1=O. The molecule has 192 valence electrons. The number of carbonyl (C=O) groups is 3. The van der Waals surface area contributed by atoms with E-state index in [4.69, 9.17) is 16.3 Å². The number of nitrogens with zero attached hydrogens (tertiary/aromatic N) is 3. The Morgan fingerprint density at radius 3 is 2.44 bits per heavy atom. The Morgan fingerprint density at radius 1 is 1.06 bits per heavy atom. The van der Waals surface area contributed by atoms with Gasteiger partial charge in [0.05, 0.1) is 17.3 Å². The van der Waals surface area contributed by atoms with Crippen molar-refractivity contribution in [3.8, 4) is 0 Å². The van der Waals surface area contributed by atoms with E-state index in [0.717, 1.165) is 12.1 Å². The molecule has 0 unspecified atom stereocenters. The molecule has 0 aliphatic carbocycles. The minimum absolute atomic E-state index is 0.000813. The summed E-state index contributed by atoms with van der Waals surface area (Å²) in [5, 5.41) is 3.30. The first kappa shape index (κ1) is 26.0. The van der Waals surface area contributed by atoms with Crippen molar-refractivity contribution in [2.45, 2.75) is 31.7 Å². The Labute approximate surface area is 217 Å². The summed E-state index contributed by atoms with van der Waals surface area (Å²) in [6.07, 6.45) is 1.68. The molecular weight excluding hydrogens is 480 g/mol. The maximum absolute atomic E-state index is 13.8. The van der Waals surface area contributed by atoms with E-state index in [1.165, 1.54) is 0 Å². The van der Waals surface area contributed by atoms with Gasteiger partial charge in [0.2, 0.25) is 5.91 Å². The number of likely N-dealkylation sites (tertiary alicyclic amines) is 1. The van der Waals surface area contributed by atoms with Crippen LogP contribution in [0.3, 0.4) is 0 Å². The smallest absolute Gasteiger partial charge is 0.255 e. The molecule has 4 rings (SSSR count). The number of carbonyl (C=O) groups excluding carboxylic acids is 3. The van der Waals surface area contributed by atoms with Gasteiger partial charge in [-0.25, -0.2) is 0 Å². The van der Waals surface area contributed by atoms with Crippen molar-refractivity contribution in [1.29, 1.82) is 0 Å². The Kier molecular flexibility index (Phi) is 8.48. The van der Waals surface area contributed by atoms with Crippen LogP contribution in [0.25, 0.3) is 0 Å². The van der Waals surface area contributed by atoms with Gasteiger partial charge in [0.25, 0.3) is 11.8 Å². The van der Waals surface area contributed by atoms with E-state index in [1.807, 2.05) is 37.3 Å². The molecule has 2 aliphatic rings. The first-order valence-electron chi connectivity index (χ1n) is 12.5. The number of benzene rings is 2. The van der Waals surface area contributed by atoms with Gasteiger partial charge >= 0.3 is 0 Å². The Morgan fingerprint density at radius 2 is 1.75 bits per heavy atom. The number of hydrogen-bond acceptors (Lipinski definition) is 5. The van der Waals surface area contributed by atoms with E-state index in [0.29, 0.717) is 62.9 Å². The third-order valence-electron chi connectivity index (χ3n) is 6.89. The highest BCUT2D eigenvalue weighted by Gasteiger charge is 2.54. The standard InChI is InChI=1S/C27H33ClN4O4/c1-2-36-18-8-15-29-24(33)19-31-20-32(21-9-4-3-5-10-21)27(26(31)35)13-16-30(17-14-27)25(34)22-11-6-7-12-23(22)28/h3-7,9-12H,2,8,13-20H2,1H3,(H,29,33). The third-order valence-corrected chi connectivity index (χ3v) is 7.22. The fourth-order valence-corrected chi connectivity index (χ4v) is 5.20. The Balaban J connectivity index is 1.46. The number of rotatable bonds is 9. The van der Waals surface area contributed by atoms with Gasteiger partial charge in [-0.2, -0.15) is 0 Å². The molecule has 1 spiro atoms. The summed E-state index contributed by atoms with van der Waals surface area (Å²) >= 11 is 6.25. The van der Waals surface area contributed by atoms with Crippen LogP contribution in [0.15, 0.2) is 54.6 Å². The summed E-state index contributed by atoms with van der Waals surface area (Å²) < 4.78 is 5.31. The van der Waals surface area contributed by atoms with E-state index < -0.39 is 5.54 Å². The number of amides is 3. The zero-order chi connectivity index (χ0) is 25.5. The molecule has 0 radical (unpaired) electrons. The topological polar surface area (TPSA) is 82.2 Å². The van der Waals surface area contributed by atoms with Gasteiger partial charge in [-0.05, 0) is 50.5 Å². The molecule has 3 amide bonds. The van der Waals surface area contributed by atoms with Crippen molar-refractivity contribution in [3.05, 3.63) is 65.2 Å². The number of para-hydroxylation sites is 1. The minimum Gasteiger partial charge on any atom is -0.382 e. The van der Waals surface area contributed by atoms with Crippen LogP contribution >= 0.6 is 11.6 Å². The largest absolute Gasteiger partial charge is 0.382 e. The number of hydrogen-bond donors (Lipinski definition) is 1. The summed E-state index contributed by atoms with van der Waals surface area (Å²) in [6.45, 7) is 4.86. The third kappa shape index (κ3) is 5.50. The number of anilines is 1. The zero-order valence-corrected chi connectivity index (χ0v) is 21.4. The normalized spacial score (nSPS) is 17.1. The highest BCUT2D eigenvalue weighted by Crippen LogP contribution is 2.39. The second kappa shape index (κ2) is 11.8. The van der Waals surface area contributed by atoms with Crippen molar-refractivity contribution < 1.29 is 19.1 Å². The van der Waals surface area contributed by atoms with Gasteiger partial charge in [-0.3, -0.25) is 14.4 Å². The highest BCUT2D eigenvalue weighted by molar-refractivity contribution is 6.33. The van der Waals surface area contributed by atoms with Crippen LogP contribution in [0.5, 0.6) is 0 Å². The second-order valence-corrected chi connectivity index (χ2v) is 9.52. The fourth-order valence-electron chi connectivity index (χ4n) is 4.98. The average Bonchev–Trinajstić information content (AvgIpc) is 3.15. The monoisotopic (exact) mass is 512 g/mol. The summed E-state index contributed by atoms with van der Waals surface area (Å²) in [5.41, 5.74) is 0.597. The van der Waals surface area contributed by atoms with Crippen molar-refractivity contribution in [1.82, 2.24) is 15.1 Å². The van der Waals surface area contributed by atoms with Crippen molar-refractivity contribution in [2.75, 3.05) is 51.0 Å². The minimum atomic E-state index is -0.798. The van der Waals surface area contributed by atoms with Crippen LogP contribution < -0.4 is 10.2 Å². The van der Waals surface area contributed by atoms with Gasteiger partial charge in [0, 0.05) is 38.5 Å². The molecule has 2 aliphatic heterocycles. The summed E-state index contributed by atoms with van der Waals surface area (Å²) in [4.78, 5) is 44.9.